The van der Waals surface area contributed by atoms with Crippen molar-refractivity contribution in [2.45, 2.75) is 18.9 Å². The largest absolute Gasteiger partial charge is 0.354 e. The molecule has 2 aromatic carbocycles. The molecule has 2 bridgehead atoms. The van der Waals surface area contributed by atoms with Crippen LogP contribution >= 0.6 is 27.5 Å². The van der Waals surface area contributed by atoms with Crippen molar-refractivity contribution in [1.82, 2.24) is 15.2 Å². The minimum atomic E-state index is -0.00178. The molecular weight excluding hydrogens is 462 g/mol. The molecule has 0 radical (unpaired) electrons. The molecule has 154 valence electrons. The van der Waals surface area contributed by atoms with Crippen molar-refractivity contribution in [3.63, 3.8) is 0 Å². The number of hydrogen-bond acceptors (Lipinski definition) is 2. The molecule has 0 spiro atoms. The summed E-state index contributed by atoms with van der Waals surface area (Å²) in [5, 5.41) is 4.99. The van der Waals surface area contributed by atoms with E-state index in [0.717, 1.165) is 46.3 Å². The summed E-state index contributed by atoms with van der Waals surface area (Å²) in [4.78, 5) is 19.3. The van der Waals surface area contributed by atoms with Crippen LogP contribution in [-0.2, 0) is 0 Å². The quantitative estimate of drug-likeness (QED) is 0.508. The van der Waals surface area contributed by atoms with Crippen LogP contribution in [0, 0.1) is 5.92 Å². The SMILES string of the molecule is O=C(NC1CN2CCC1CC2)c1c(C=Cc2ccc(Cl)cc2)[nH]c2cc(Br)ccc12. The Morgan fingerprint density at radius 3 is 2.60 bits per heavy atom. The summed E-state index contributed by atoms with van der Waals surface area (Å²) in [7, 11) is 0. The van der Waals surface area contributed by atoms with Crippen molar-refractivity contribution in [3.8, 4) is 0 Å². The standard InChI is InChI=1S/C24H23BrClN3O/c25-17-4-7-19-21(13-17)27-20(8-3-15-1-5-18(26)6-2-15)23(19)24(30)28-22-14-29-11-9-16(22)10-12-29/h1-8,13,16,22,27H,9-12,14H2,(H,28,30). The van der Waals surface area contributed by atoms with E-state index in [2.05, 4.69) is 31.1 Å². The molecule has 4 heterocycles. The Morgan fingerprint density at radius 1 is 1.13 bits per heavy atom. The molecule has 1 unspecified atom stereocenters. The van der Waals surface area contributed by atoms with Gasteiger partial charge in [-0.1, -0.05) is 51.8 Å². The van der Waals surface area contributed by atoms with E-state index in [9.17, 15) is 4.79 Å². The topological polar surface area (TPSA) is 48.1 Å². The zero-order valence-corrected chi connectivity index (χ0v) is 18.8. The number of nitrogens with one attached hydrogen (secondary N) is 2. The highest BCUT2D eigenvalue weighted by Gasteiger charge is 2.35. The average molecular weight is 485 g/mol. The minimum absolute atomic E-state index is 0.00178. The Kier molecular flexibility index (Phi) is 5.44. The summed E-state index contributed by atoms with van der Waals surface area (Å²) >= 11 is 9.52. The predicted octanol–water partition coefficient (Wildman–Crippen LogP) is 5.58. The van der Waals surface area contributed by atoms with E-state index in [1.807, 2.05) is 54.6 Å². The number of carbonyl (C=O) groups is 1. The molecule has 3 aliphatic heterocycles. The zero-order chi connectivity index (χ0) is 20.7. The molecule has 6 rings (SSSR count). The van der Waals surface area contributed by atoms with Crippen LogP contribution < -0.4 is 5.32 Å². The third-order valence-corrected chi connectivity index (χ3v) is 7.05. The number of piperidine rings is 3. The number of H-pyrrole nitrogens is 1. The Hall–Kier alpha value is -2.08. The van der Waals surface area contributed by atoms with Crippen molar-refractivity contribution in [2.24, 2.45) is 5.92 Å². The van der Waals surface area contributed by atoms with Gasteiger partial charge in [-0.05, 0) is 67.8 Å². The number of benzene rings is 2. The maximum absolute atomic E-state index is 13.4. The second-order valence-corrected chi connectivity index (χ2v) is 9.56. The highest BCUT2D eigenvalue weighted by atomic mass is 79.9. The van der Waals surface area contributed by atoms with Gasteiger partial charge in [0, 0.05) is 33.0 Å². The van der Waals surface area contributed by atoms with Crippen molar-refractivity contribution in [2.75, 3.05) is 19.6 Å². The highest BCUT2D eigenvalue weighted by molar-refractivity contribution is 9.10. The Bertz CT molecular complexity index is 1110. The summed E-state index contributed by atoms with van der Waals surface area (Å²) in [6.07, 6.45) is 6.33. The fourth-order valence-electron chi connectivity index (χ4n) is 4.68. The van der Waals surface area contributed by atoms with Crippen LogP contribution in [0.1, 0.15) is 34.5 Å². The average Bonchev–Trinajstić information content (AvgIpc) is 3.11. The zero-order valence-electron chi connectivity index (χ0n) is 16.5. The van der Waals surface area contributed by atoms with Crippen LogP contribution in [0.4, 0.5) is 0 Å². The lowest BCUT2D eigenvalue weighted by Gasteiger charge is -2.44. The number of rotatable bonds is 4. The van der Waals surface area contributed by atoms with E-state index < -0.39 is 0 Å². The van der Waals surface area contributed by atoms with Crippen molar-refractivity contribution < 1.29 is 4.79 Å². The third-order valence-electron chi connectivity index (χ3n) is 6.30. The first-order chi connectivity index (χ1) is 14.6. The first-order valence-corrected chi connectivity index (χ1v) is 11.5. The van der Waals surface area contributed by atoms with Gasteiger partial charge >= 0.3 is 0 Å². The number of aromatic nitrogens is 1. The number of halogens is 2. The molecule has 30 heavy (non-hydrogen) atoms. The van der Waals surface area contributed by atoms with Crippen LogP contribution in [0.25, 0.3) is 23.1 Å². The molecule has 1 atom stereocenters. The number of nitrogens with zero attached hydrogens (tertiary/aromatic N) is 1. The second kappa shape index (κ2) is 8.22. The normalized spacial score (nSPS) is 23.3. The van der Waals surface area contributed by atoms with Gasteiger partial charge in [-0.2, -0.15) is 0 Å². The van der Waals surface area contributed by atoms with E-state index in [1.165, 1.54) is 12.8 Å². The molecule has 3 aliphatic rings. The van der Waals surface area contributed by atoms with Gasteiger partial charge in [-0.15, -0.1) is 0 Å². The first kappa shape index (κ1) is 19.9. The lowest BCUT2D eigenvalue weighted by molar-refractivity contribution is 0.0621. The molecule has 2 N–H and O–H groups in total. The van der Waals surface area contributed by atoms with Gasteiger partial charge in [0.15, 0.2) is 0 Å². The van der Waals surface area contributed by atoms with E-state index >= 15 is 0 Å². The number of fused-ring (bicyclic) bond motifs is 4. The molecule has 1 amide bonds. The fourth-order valence-corrected chi connectivity index (χ4v) is 5.17. The molecular formula is C24H23BrClN3O. The molecule has 0 saturated carbocycles. The van der Waals surface area contributed by atoms with Crippen molar-refractivity contribution >= 4 is 56.5 Å². The van der Waals surface area contributed by atoms with Crippen LogP contribution in [-0.4, -0.2) is 41.5 Å². The molecule has 4 nitrogen and oxygen atoms in total. The lowest BCUT2D eigenvalue weighted by Crippen LogP contribution is -2.57. The van der Waals surface area contributed by atoms with Gasteiger partial charge in [-0.25, -0.2) is 0 Å². The fraction of sp³-hybridized carbons (Fsp3) is 0.292. The molecule has 1 aromatic heterocycles. The smallest absolute Gasteiger partial charge is 0.254 e. The Morgan fingerprint density at radius 2 is 1.90 bits per heavy atom. The van der Waals surface area contributed by atoms with Crippen LogP contribution in [0.15, 0.2) is 46.9 Å². The summed E-state index contributed by atoms with van der Waals surface area (Å²) in [5.41, 5.74) is 3.50. The van der Waals surface area contributed by atoms with E-state index in [0.29, 0.717) is 16.5 Å². The predicted molar refractivity (Wildman–Crippen MR) is 127 cm³/mol. The maximum atomic E-state index is 13.4. The Labute approximate surface area is 189 Å². The molecule has 6 heteroatoms. The molecule has 3 fully saturated rings. The monoisotopic (exact) mass is 483 g/mol. The number of carbonyl (C=O) groups excluding carboxylic acids is 1. The van der Waals surface area contributed by atoms with Crippen LogP contribution in [0.5, 0.6) is 0 Å². The molecule has 0 aliphatic carbocycles. The van der Waals surface area contributed by atoms with E-state index in [1.54, 1.807) is 0 Å². The summed E-state index contributed by atoms with van der Waals surface area (Å²) < 4.78 is 0.980. The number of aromatic amines is 1. The minimum Gasteiger partial charge on any atom is -0.354 e. The highest BCUT2D eigenvalue weighted by Crippen LogP contribution is 2.30. The van der Waals surface area contributed by atoms with Gasteiger partial charge in [0.05, 0.1) is 11.3 Å². The molecule has 3 aromatic rings. The van der Waals surface area contributed by atoms with Crippen molar-refractivity contribution in [1.29, 1.82) is 0 Å². The molecule has 3 saturated heterocycles. The van der Waals surface area contributed by atoms with Crippen LogP contribution in [0.2, 0.25) is 5.02 Å². The summed E-state index contributed by atoms with van der Waals surface area (Å²) in [6, 6.07) is 13.9. The summed E-state index contributed by atoms with van der Waals surface area (Å²) in [6.45, 7) is 3.28. The number of amides is 1. The van der Waals surface area contributed by atoms with E-state index in [4.69, 9.17) is 11.6 Å². The Balaban J connectivity index is 1.48. The second-order valence-electron chi connectivity index (χ2n) is 8.21. The number of hydrogen-bond donors (Lipinski definition) is 2. The van der Waals surface area contributed by atoms with Crippen molar-refractivity contribution in [3.05, 3.63) is 68.8 Å². The van der Waals surface area contributed by atoms with Gasteiger partial charge in [0.2, 0.25) is 0 Å². The van der Waals surface area contributed by atoms with Gasteiger partial charge < -0.3 is 15.2 Å². The van der Waals surface area contributed by atoms with Gasteiger partial charge in [-0.3, -0.25) is 4.79 Å². The van der Waals surface area contributed by atoms with Gasteiger partial charge in [0.25, 0.3) is 5.91 Å². The first-order valence-electron chi connectivity index (χ1n) is 10.3. The maximum Gasteiger partial charge on any atom is 0.254 e. The van der Waals surface area contributed by atoms with E-state index in [-0.39, 0.29) is 11.9 Å². The van der Waals surface area contributed by atoms with Crippen LogP contribution in [0.3, 0.4) is 0 Å². The van der Waals surface area contributed by atoms with Gasteiger partial charge in [0.1, 0.15) is 0 Å². The summed E-state index contributed by atoms with van der Waals surface area (Å²) in [5.74, 6) is 0.587. The lowest BCUT2D eigenvalue weighted by atomic mass is 9.84. The third kappa shape index (κ3) is 3.94.